The maximum Gasteiger partial charge on any atom is 0.249 e. The Balaban J connectivity index is 1.83. The molecule has 8 heteroatoms. The van der Waals surface area contributed by atoms with Crippen molar-refractivity contribution in [3.8, 4) is 5.75 Å². The highest BCUT2D eigenvalue weighted by atomic mass is 16.5. The number of hydrogen-bond acceptors (Lipinski definition) is 5. The molecule has 0 aliphatic heterocycles. The van der Waals surface area contributed by atoms with Gasteiger partial charge in [-0.2, -0.15) is 0 Å². The van der Waals surface area contributed by atoms with Crippen molar-refractivity contribution in [2.45, 2.75) is 52.2 Å². The molecular weight excluding hydrogens is 466 g/mol. The molecule has 8 nitrogen and oxygen atoms in total. The van der Waals surface area contributed by atoms with Crippen molar-refractivity contribution in [2.24, 2.45) is 0 Å². The van der Waals surface area contributed by atoms with Crippen molar-refractivity contribution in [3.63, 3.8) is 0 Å². The monoisotopic (exact) mass is 499 g/mol. The van der Waals surface area contributed by atoms with Crippen molar-refractivity contribution in [3.05, 3.63) is 83.9 Å². The van der Waals surface area contributed by atoms with Crippen LogP contribution in [-0.4, -0.2) is 39.5 Å². The van der Waals surface area contributed by atoms with Crippen LogP contribution in [0.15, 0.2) is 72.8 Å². The highest BCUT2D eigenvalue weighted by Crippen LogP contribution is 2.32. The SMILES string of the molecule is CCC(C)(C)NC(=O)[C@H](c1ccc(OC)cc1)N(C(=O)Cn1nnc2ccccc21)c1ccccc1C. The zero-order valence-corrected chi connectivity index (χ0v) is 21.9. The molecule has 0 radical (unpaired) electrons. The standard InChI is InChI=1S/C29H33N5O3/c1-6-29(3,4)30-28(36)27(21-15-17-22(37-5)18-16-21)34(24-13-9-7-11-20(24)2)26(35)19-33-25-14-10-8-12-23(25)31-32-33/h7-18,27H,6,19H2,1-5H3,(H,30,36)/t27-/m0/s1. The van der Waals surface area contributed by atoms with Gasteiger partial charge in [-0.15, -0.1) is 5.10 Å². The van der Waals surface area contributed by atoms with E-state index in [-0.39, 0.29) is 18.4 Å². The Hall–Kier alpha value is -4.20. The van der Waals surface area contributed by atoms with E-state index in [1.165, 1.54) is 0 Å². The fourth-order valence-electron chi connectivity index (χ4n) is 4.18. The highest BCUT2D eigenvalue weighted by molar-refractivity contribution is 6.02. The van der Waals surface area contributed by atoms with Gasteiger partial charge in [0.25, 0.3) is 0 Å². The lowest BCUT2D eigenvalue weighted by Gasteiger charge is -2.35. The van der Waals surface area contributed by atoms with Gasteiger partial charge < -0.3 is 10.1 Å². The minimum Gasteiger partial charge on any atom is -0.497 e. The van der Waals surface area contributed by atoms with E-state index in [2.05, 4.69) is 15.6 Å². The molecular formula is C29H33N5O3. The average molecular weight is 500 g/mol. The van der Waals surface area contributed by atoms with Crippen LogP contribution in [0.4, 0.5) is 5.69 Å². The number of anilines is 1. The zero-order valence-electron chi connectivity index (χ0n) is 21.9. The van der Waals surface area contributed by atoms with E-state index < -0.39 is 11.6 Å². The molecule has 192 valence electrons. The minimum absolute atomic E-state index is 0.0774. The number of aromatic nitrogens is 3. The number of ether oxygens (including phenoxy) is 1. The smallest absolute Gasteiger partial charge is 0.249 e. The molecule has 4 aromatic rings. The molecule has 37 heavy (non-hydrogen) atoms. The Bertz CT molecular complexity index is 1390. The fourth-order valence-corrected chi connectivity index (χ4v) is 4.18. The van der Waals surface area contributed by atoms with Gasteiger partial charge in [-0.3, -0.25) is 14.5 Å². The van der Waals surface area contributed by atoms with Crippen LogP contribution in [0.5, 0.6) is 5.75 Å². The largest absolute Gasteiger partial charge is 0.497 e. The Labute approximate surface area is 217 Å². The number of carbonyl (C=O) groups excluding carboxylic acids is 2. The van der Waals surface area contributed by atoms with Crippen LogP contribution in [0.3, 0.4) is 0 Å². The van der Waals surface area contributed by atoms with Gasteiger partial charge in [0, 0.05) is 11.2 Å². The molecule has 0 unspecified atom stereocenters. The van der Waals surface area contributed by atoms with Gasteiger partial charge in [0.05, 0.1) is 12.6 Å². The second-order valence-electron chi connectivity index (χ2n) is 9.69. The van der Waals surface area contributed by atoms with Gasteiger partial charge in [-0.05, 0) is 68.7 Å². The van der Waals surface area contributed by atoms with Crippen molar-refractivity contribution >= 4 is 28.5 Å². The summed E-state index contributed by atoms with van der Waals surface area (Å²) in [5.41, 5.74) is 3.20. The summed E-state index contributed by atoms with van der Waals surface area (Å²) < 4.78 is 6.90. The molecule has 0 saturated heterocycles. The summed E-state index contributed by atoms with van der Waals surface area (Å²) in [6, 6.07) is 21.4. The summed E-state index contributed by atoms with van der Waals surface area (Å²) >= 11 is 0. The number of para-hydroxylation sites is 2. The molecule has 4 rings (SSSR count). The maximum absolute atomic E-state index is 14.1. The van der Waals surface area contributed by atoms with Crippen molar-refractivity contribution in [1.29, 1.82) is 0 Å². The van der Waals surface area contributed by atoms with Gasteiger partial charge >= 0.3 is 0 Å². The number of methoxy groups -OCH3 is 1. The zero-order chi connectivity index (χ0) is 26.6. The number of nitrogens with zero attached hydrogens (tertiary/aromatic N) is 4. The molecule has 1 N–H and O–H groups in total. The van der Waals surface area contributed by atoms with Crippen LogP contribution < -0.4 is 15.0 Å². The van der Waals surface area contributed by atoms with Crippen LogP contribution in [0.1, 0.15) is 44.4 Å². The Morgan fingerprint density at radius 2 is 1.70 bits per heavy atom. The van der Waals surface area contributed by atoms with Gasteiger partial charge in [-0.25, -0.2) is 4.68 Å². The fraction of sp³-hybridized carbons (Fsp3) is 0.310. The van der Waals surface area contributed by atoms with E-state index in [9.17, 15) is 9.59 Å². The minimum atomic E-state index is -0.917. The van der Waals surface area contributed by atoms with Crippen molar-refractivity contribution in [2.75, 3.05) is 12.0 Å². The summed E-state index contributed by atoms with van der Waals surface area (Å²) in [5, 5.41) is 11.5. The molecule has 0 bridgehead atoms. The van der Waals surface area contributed by atoms with Crippen molar-refractivity contribution in [1.82, 2.24) is 20.3 Å². The quantitative estimate of drug-likeness (QED) is 0.356. The lowest BCUT2D eigenvalue weighted by Crippen LogP contribution is -2.51. The number of aryl methyl sites for hydroxylation is 1. The van der Waals surface area contributed by atoms with Crippen LogP contribution >= 0.6 is 0 Å². The lowest BCUT2D eigenvalue weighted by molar-refractivity contribution is -0.128. The number of fused-ring (bicyclic) bond motifs is 1. The van der Waals surface area contributed by atoms with Crippen LogP contribution in [0.25, 0.3) is 11.0 Å². The number of nitrogens with one attached hydrogen (secondary N) is 1. The van der Waals surface area contributed by atoms with Gasteiger partial charge in [-0.1, -0.05) is 54.6 Å². The molecule has 0 aliphatic rings. The number of benzene rings is 3. The summed E-state index contributed by atoms with van der Waals surface area (Å²) in [6.45, 7) is 7.81. The number of rotatable bonds is 9. The first-order chi connectivity index (χ1) is 17.7. The maximum atomic E-state index is 14.1. The molecule has 0 spiro atoms. The third kappa shape index (κ3) is 5.63. The normalized spacial score (nSPS) is 12.2. The molecule has 0 aliphatic carbocycles. The van der Waals surface area contributed by atoms with Gasteiger partial charge in [0.2, 0.25) is 11.8 Å². The predicted octanol–water partition coefficient (Wildman–Crippen LogP) is 4.83. The van der Waals surface area contributed by atoms with E-state index in [1.807, 2.05) is 88.4 Å². The molecule has 1 atom stereocenters. The molecule has 0 saturated carbocycles. The summed E-state index contributed by atoms with van der Waals surface area (Å²) in [5.74, 6) is 0.118. The second-order valence-corrected chi connectivity index (χ2v) is 9.69. The molecule has 1 aromatic heterocycles. The van der Waals surface area contributed by atoms with Crippen LogP contribution in [-0.2, 0) is 16.1 Å². The van der Waals surface area contributed by atoms with E-state index in [0.29, 0.717) is 22.5 Å². The second kappa shape index (κ2) is 10.8. The van der Waals surface area contributed by atoms with E-state index in [0.717, 1.165) is 17.5 Å². The number of amides is 2. The molecule has 2 amide bonds. The van der Waals surface area contributed by atoms with Crippen LogP contribution in [0, 0.1) is 6.92 Å². The number of carbonyl (C=O) groups is 2. The first-order valence-corrected chi connectivity index (χ1v) is 12.4. The first-order valence-electron chi connectivity index (χ1n) is 12.4. The third-order valence-electron chi connectivity index (χ3n) is 6.63. The van der Waals surface area contributed by atoms with Crippen LogP contribution in [0.2, 0.25) is 0 Å². The van der Waals surface area contributed by atoms with E-state index in [1.54, 1.807) is 28.8 Å². The van der Waals surface area contributed by atoms with Gasteiger partial charge in [0.15, 0.2) is 0 Å². The Morgan fingerprint density at radius 3 is 2.38 bits per heavy atom. The molecule has 3 aromatic carbocycles. The average Bonchev–Trinajstić information content (AvgIpc) is 3.30. The lowest BCUT2D eigenvalue weighted by atomic mass is 9.97. The number of hydrogen-bond donors (Lipinski definition) is 1. The molecule has 0 fully saturated rings. The third-order valence-corrected chi connectivity index (χ3v) is 6.63. The summed E-state index contributed by atoms with van der Waals surface area (Å²) in [7, 11) is 1.59. The highest BCUT2D eigenvalue weighted by Gasteiger charge is 2.36. The van der Waals surface area contributed by atoms with Gasteiger partial charge in [0.1, 0.15) is 23.9 Å². The Morgan fingerprint density at radius 1 is 1.03 bits per heavy atom. The topological polar surface area (TPSA) is 89.4 Å². The first kappa shape index (κ1) is 25.9. The summed E-state index contributed by atoms with van der Waals surface area (Å²) in [4.78, 5) is 29.6. The Kier molecular flexibility index (Phi) is 7.57. The predicted molar refractivity (Wildman–Crippen MR) is 144 cm³/mol. The summed E-state index contributed by atoms with van der Waals surface area (Å²) in [6.07, 6.45) is 0.733. The van der Waals surface area contributed by atoms with E-state index >= 15 is 0 Å². The van der Waals surface area contributed by atoms with E-state index in [4.69, 9.17) is 4.74 Å². The molecule has 1 heterocycles. The van der Waals surface area contributed by atoms with Crippen molar-refractivity contribution < 1.29 is 14.3 Å².